The number of para-hydroxylation sites is 1. The van der Waals surface area contributed by atoms with Gasteiger partial charge in [-0.2, -0.15) is 0 Å². The van der Waals surface area contributed by atoms with Crippen molar-refractivity contribution in [1.82, 2.24) is 25.0 Å². The van der Waals surface area contributed by atoms with E-state index in [1.165, 1.54) is 0 Å². The van der Waals surface area contributed by atoms with Crippen LogP contribution >= 0.6 is 12.4 Å². The highest BCUT2D eigenvalue weighted by molar-refractivity contribution is 5.85. The Balaban J connectivity index is 0.00000210. The van der Waals surface area contributed by atoms with Gasteiger partial charge in [-0.15, -0.1) is 22.6 Å². The van der Waals surface area contributed by atoms with Crippen molar-refractivity contribution in [2.45, 2.75) is 44.9 Å². The summed E-state index contributed by atoms with van der Waals surface area (Å²) in [5.41, 5.74) is 0. The molecule has 4 rings (SSSR count). The maximum atomic E-state index is 12.7. The van der Waals surface area contributed by atoms with Crippen molar-refractivity contribution < 1.29 is 9.53 Å². The van der Waals surface area contributed by atoms with Crippen LogP contribution in [0.1, 0.15) is 37.3 Å². The minimum absolute atomic E-state index is 0. The van der Waals surface area contributed by atoms with Gasteiger partial charge >= 0.3 is 0 Å². The lowest BCUT2D eigenvalue weighted by Gasteiger charge is -2.33. The number of nitrogens with zero attached hydrogens (tertiary/aromatic N) is 4. The van der Waals surface area contributed by atoms with E-state index in [1.807, 2.05) is 42.2 Å². The minimum Gasteiger partial charge on any atom is -0.481 e. The van der Waals surface area contributed by atoms with E-state index in [4.69, 9.17) is 4.74 Å². The van der Waals surface area contributed by atoms with E-state index in [0.29, 0.717) is 5.92 Å². The average molecular weight is 392 g/mol. The van der Waals surface area contributed by atoms with Gasteiger partial charge in [-0.1, -0.05) is 18.2 Å². The molecule has 2 aromatic rings. The van der Waals surface area contributed by atoms with Gasteiger partial charge in [0.05, 0.1) is 6.54 Å². The van der Waals surface area contributed by atoms with E-state index < -0.39 is 6.10 Å². The Hall–Kier alpha value is -2.12. The summed E-state index contributed by atoms with van der Waals surface area (Å²) in [6.45, 7) is 5.99. The quantitative estimate of drug-likeness (QED) is 0.862. The first-order valence-corrected chi connectivity index (χ1v) is 9.35. The zero-order valence-corrected chi connectivity index (χ0v) is 16.3. The Morgan fingerprint density at radius 1 is 1.19 bits per heavy atom. The lowest BCUT2D eigenvalue weighted by atomic mass is 9.95. The van der Waals surface area contributed by atoms with E-state index in [1.54, 1.807) is 0 Å². The van der Waals surface area contributed by atoms with Crippen LogP contribution in [0.4, 0.5) is 0 Å². The van der Waals surface area contributed by atoms with Crippen LogP contribution in [0, 0.1) is 0 Å². The van der Waals surface area contributed by atoms with Crippen molar-refractivity contribution in [2.75, 3.05) is 19.6 Å². The Kier molecular flexibility index (Phi) is 6.34. The lowest BCUT2D eigenvalue weighted by Crippen LogP contribution is -2.44. The van der Waals surface area contributed by atoms with Crippen LogP contribution in [0.25, 0.3) is 0 Å². The van der Waals surface area contributed by atoms with Crippen molar-refractivity contribution >= 4 is 18.3 Å². The van der Waals surface area contributed by atoms with Crippen molar-refractivity contribution in [1.29, 1.82) is 0 Å². The normalized spacial score (nSPS) is 18.3. The Bertz CT molecular complexity index is 759. The number of nitrogens with one attached hydrogen (secondary N) is 1. The largest absolute Gasteiger partial charge is 0.481 e. The smallest absolute Gasteiger partial charge is 0.263 e. The van der Waals surface area contributed by atoms with E-state index >= 15 is 0 Å². The number of piperidine rings is 1. The van der Waals surface area contributed by atoms with Gasteiger partial charge in [0.2, 0.25) is 0 Å². The number of carbonyl (C=O) groups is 1. The number of fused-ring (bicyclic) bond motifs is 1. The second-order valence-corrected chi connectivity index (χ2v) is 6.98. The topological polar surface area (TPSA) is 72.3 Å². The molecule has 0 aliphatic carbocycles. The fourth-order valence-electron chi connectivity index (χ4n) is 3.79. The molecule has 0 bridgehead atoms. The summed E-state index contributed by atoms with van der Waals surface area (Å²) in [6, 6.07) is 9.50. The first-order valence-electron chi connectivity index (χ1n) is 9.35. The second-order valence-electron chi connectivity index (χ2n) is 6.98. The van der Waals surface area contributed by atoms with Crippen LogP contribution in [0.2, 0.25) is 0 Å². The van der Waals surface area contributed by atoms with Crippen LogP contribution in [0.3, 0.4) is 0 Å². The summed E-state index contributed by atoms with van der Waals surface area (Å²) >= 11 is 0. The molecule has 1 fully saturated rings. The zero-order chi connectivity index (χ0) is 17.9. The van der Waals surface area contributed by atoms with Crippen molar-refractivity contribution in [3.8, 4) is 5.75 Å². The van der Waals surface area contributed by atoms with Gasteiger partial charge in [0.25, 0.3) is 5.91 Å². The van der Waals surface area contributed by atoms with Crippen LogP contribution in [-0.4, -0.2) is 51.3 Å². The minimum atomic E-state index is -0.471. The lowest BCUT2D eigenvalue weighted by molar-refractivity contribution is -0.139. The number of hydrogen-bond donors (Lipinski definition) is 1. The number of hydrogen-bond acceptors (Lipinski definition) is 5. The first kappa shape index (κ1) is 19.6. The summed E-state index contributed by atoms with van der Waals surface area (Å²) in [5, 5.41) is 12.1. The third-order valence-corrected chi connectivity index (χ3v) is 5.23. The number of amides is 1. The van der Waals surface area contributed by atoms with E-state index in [9.17, 15) is 4.79 Å². The molecule has 1 amide bonds. The molecule has 2 aliphatic rings. The van der Waals surface area contributed by atoms with Crippen LogP contribution < -0.4 is 10.1 Å². The molecule has 0 radical (unpaired) electrons. The summed E-state index contributed by atoms with van der Waals surface area (Å²) in [6.07, 6.45) is 1.38. The number of ether oxygens (including phenoxy) is 1. The average Bonchev–Trinajstić information content (AvgIpc) is 3.12. The SMILES string of the molecule is CC(Oc1ccccc1)C(=O)N1CCC(c2nnc3n2CCNC3)CC1.Cl. The molecule has 1 saturated heterocycles. The van der Waals surface area contributed by atoms with Crippen molar-refractivity contribution in [3.05, 3.63) is 42.0 Å². The summed E-state index contributed by atoms with van der Waals surface area (Å²) in [4.78, 5) is 14.6. The second kappa shape index (κ2) is 8.71. The maximum Gasteiger partial charge on any atom is 0.263 e. The van der Waals surface area contributed by atoms with E-state index in [-0.39, 0.29) is 18.3 Å². The molecule has 146 valence electrons. The summed E-state index contributed by atoms with van der Waals surface area (Å²) in [7, 11) is 0. The number of aromatic nitrogens is 3. The summed E-state index contributed by atoms with van der Waals surface area (Å²) < 4.78 is 8.03. The van der Waals surface area contributed by atoms with Crippen LogP contribution in [-0.2, 0) is 17.9 Å². The number of carbonyl (C=O) groups excluding carboxylic acids is 1. The number of benzene rings is 1. The molecule has 3 heterocycles. The standard InChI is InChI=1S/C19H25N5O2.ClH/c1-14(26-16-5-3-2-4-6-16)19(25)23-10-7-15(8-11-23)18-22-21-17-13-20-9-12-24(17)18;/h2-6,14-15,20H,7-13H2,1H3;1H. The Labute approximate surface area is 165 Å². The van der Waals surface area contributed by atoms with Gasteiger partial charge in [0.15, 0.2) is 6.10 Å². The highest BCUT2D eigenvalue weighted by atomic mass is 35.5. The molecule has 0 spiro atoms. The molecular weight excluding hydrogens is 366 g/mol. The van der Waals surface area contributed by atoms with Gasteiger partial charge in [-0.25, -0.2) is 0 Å². The van der Waals surface area contributed by atoms with Gasteiger partial charge < -0.3 is 19.5 Å². The molecule has 1 aromatic heterocycles. The Morgan fingerprint density at radius 3 is 2.67 bits per heavy atom. The van der Waals surface area contributed by atoms with Crippen molar-refractivity contribution in [3.63, 3.8) is 0 Å². The monoisotopic (exact) mass is 391 g/mol. The van der Waals surface area contributed by atoms with E-state index in [0.717, 1.165) is 63.0 Å². The molecule has 1 unspecified atom stereocenters. The third kappa shape index (κ3) is 4.25. The van der Waals surface area contributed by atoms with Gasteiger partial charge in [0, 0.05) is 32.1 Å². The molecule has 1 aromatic carbocycles. The molecule has 27 heavy (non-hydrogen) atoms. The molecule has 2 aliphatic heterocycles. The fourth-order valence-corrected chi connectivity index (χ4v) is 3.79. The molecule has 1 atom stereocenters. The third-order valence-electron chi connectivity index (χ3n) is 5.23. The predicted molar refractivity (Wildman–Crippen MR) is 104 cm³/mol. The zero-order valence-electron chi connectivity index (χ0n) is 15.5. The number of halogens is 1. The van der Waals surface area contributed by atoms with Gasteiger partial charge in [-0.3, -0.25) is 4.79 Å². The molecular formula is C19H26ClN5O2. The van der Waals surface area contributed by atoms with Crippen LogP contribution in [0.5, 0.6) is 5.75 Å². The highest BCUT2D eigenvalue weighted by Gasteiger charge is 2.30. The molecule has 7 nitrogen and oxygen atoms in total. The molecule has 8 heteroatoms. The summed E-state index contributed by atoms with van der Waals surface area (Å²) in [5.74, 6) is 3.27. The number of likely N-dealkylation sites (tertiary alicyclic amines) is 1. The van der Waals surface area contributed by atoms with Crippen LogP contribution in [0.15, 0.2) is 30.3 Å². The van der Waals surface area contributed by atoms with Gasteiger partial charge in [-0.05, 0) is 31.9 Å². The molecule has 1 N–H and O–H groups in total. The fraction of sp³-hybridized carbons (Fsp3) is 0.526. The maximum absolute atomic E-state index is 12.7. The number of rotatable bonds is 4. The Morgan fingerprint density at radius 2 is 1.93 bits per heavy atom. The molecule has 0 saturated carbocycles. The van der Waals surface area contributed by atoms with E-state index in [2.05, 4.69) is 20.1 Å². The van der Waals surface area contributed by atoms with Gasteiger partial charge in [0.1, 0.15) is 17.4 Å². The first-order chi connectivity index (χ1) is 12.7. The van der Waals surface area contributed by atoms with Crippen molar-refractivity contribution in [2.24, 2.45) is 0 Å². The highest BCUT2D eigenvalue weighted by Crippen LogP contribution is 2.28. The predicted octanol–water partition coefficient (Wildman–Crippen LogP) is 1.98.